The maximum Gasteiger partial charge on any atom is 0.407 e. The van der Waals surface area contributed by atoms with Crippen molar-refractivity contribution in [3.05, 3.63) is 35.4 Å². The van der Waals surface area contributed by atoms with E-state index in [-0.39, 0.29) is 12.2 Å². The Kier molecular flexibility index (Phi) is 5.00. The average molecular weight is 237 g/mol. The van der Waals surface area contributed by atoms with Crippen LogP contribution in [0, 0.1) is 0 Å². The summed E-state index contributed by atoms with van der Waals surface area (Å²) in [6.07, 6.45) is 0.344. The Morgan fingerprint density at radius 2 is 2.18 bits per heavy atom. The molecular formula is C12H15NO4. The molecule has 1 aromatic rings. The van der Waals surface area contributed by atoms with E-state index >= 15 is 0 Å². The third kappa shape index (κ3) is 4.55. The van der Waals surface area contributed by atoms with Crippen molar-refractivity contribution in [2.75, 3.05) is 6.54 Å². The van der Waals surface area contributed by atoms with Gasteiger partial charge in [-0.2, -0.15) is 0 Å². The van der Waals surface area contributed by atoms with Crippen molar-refractivity contribution in [1.82, 2.24) is 5.32 Å². The van der Waals surface area contributed by atoms with Crippen molar-refractivity contribution in [3.63, 3.8) is 0 Å². The van der Waals surface area contributed by atoms with Crippen molar-refractivity contribution >= 4 is 12.1 Å². The van der Waals surface area contributed by atoms with Gasteiger partial charge in [0.1, 0.15) is 6.61 Å². The Bertz CT molecular complexity index is 403. The van der Waals surface area contributed by atoms with E-state index in [0.29, 0.717) is 12.1 Å². The van der Waals surface area contributed by atoms with Crippen molar-refractivity contribution in [3.8, 4) is 0 Å². The minimum Gasteiger partial charge on any atom is -0.478 e. The lowest BCUT2D eigenvalue weighted by atomic mass is 10.1. The number of rotatable bonds is 5. The minimum atomic E-state index is -0.998. The molecule has 1 rings (SSSR count). The summed E-state index contributed by atoms with van der Waals surface area (Å²) in [5.41, 5.74) is 0.830. The predicted molar refractivity (Wildman–Crippen MR) is 61.9 cm³/mol. The van der Waals surface area contributed by atoms with Gasteiger partial charge < -0.3 is 15.2 Å². The number of carboxylic acid groups (broad SMARTS) is 1. The van der Waals surface area contributed by atoms with E-state index in [1.807, 2.05) is 6.92 Å². The zero-order chi connectivity index (χ0) is 12.7. The normalized spacial score (nSPS) is 9.71. The maximum absolute atomic E-state index is 11.1. The molecule has 0 unspecified atom stereocenters. The topological polar surface area (TPSA) is 75.6 Å². The average Bonchev–Trinajstić information content (AvgIpc) is 2.34. The summed E-state index contributed by atoms with van der Waals surface area (Å²) in [6.45, 7) is 2.57. The molecule has 92 valence electrons. The molecule has 2 N–H and O–H groups in total. The van der Waals surface area contributed by atoms with Crippen molar-refractivity contribution in [2.45, 2.75) is 20.0 Å². The van der Waals surface area contributed by atoms with Crippen LogP contribution in [0.15, 0.2) is 24.3 Å². The summed E-state index contributed by atoms with van der Waals surface area (Å²) in [7, 11) is 0. The van der Waals surface area contributed by atoms with Crippen LogP contribution in [0.4, 0.5) is 4.79 Å². The third-order valence-corrected chi connectivity index (χ3v) is 2.06. The Morgan fingerprint density at radius 3 is 2.82 bits per heavy atom. The van der Waals surface area contributed by atoms with Crippen LogP contribution >= 0.6 is 0 Å². The lowest BCUT2D eigenvalue weighted by molar-refractivity contribution is 0.0696. The molecule has 0 bridgehead atoms. The molecule has 0 aromatic heterocycles. The van der Waals surface area contributed by atoms with Crippen LogP contribution in [0.25, 0.3) is 0 Å². The first-order valence-electron chi connectivity index (χ1n) is 5.36. The van der Waals surface area contributed by atoms with Gasteiger partial charge in [0.25, 0.3) is 0 Å². The van der Waals surface area contributed by atoms with Crippen LogP contribution in [-0.2, 0) is 11.3 Å². The highest BCUT2D eigenvalue weighted by Gasteiger charge is 2.05. The fourth-order valence-corrected chi connectivity index (χ4v) is 1.22. The number of ether oxygens (including phenoxy) is 1. The summed E-state index contributed by atoms with van der Waals surface area (Å²) >= 11 is 0. The third-order valence-electron chi connectivity index (χ3n) is 2.06. The molecule has 0 saturated heterocycles. The molecule has 5 nitrogen and oxygen atoms in total. The van der Waals surface area contributed by atoms with Gasteiger partial charge in [-0.3, -0.25) is 0 Å². The molecular weight excluding hydrogens is 222 g/mol. The second kappa shape index (κ2) is 6.52. The zero-order valence-electron chi connectivity index (χ0n) is 9.60. The fraction of sp³-hybridized carbons (Fsp3) is 0.333. The monoisotopic (exact) mass is 237 g/mol. The first-order chi connectivity index (χ1) is 8.13. The van der Waals surface area contributed by atoms with Gasteiger partial charge >= 0.3 is 12.1 Å². The number of carbonyl (C=O) groups excluding carboxylic acids is 1. The Hall–Kier alpha value is -2.04. The Balaban J connectivity index is 2.49. The van der Waals surface area contributed by atoms with E-state index in [1.165, 1.54) is 12.1 Å². The van der Waals surface area contributed by atoms with Gasteiger partial charge in [0.05, 0.1) is 5.56 Å². The molecule has 0 heterocycles. The largest absolute Gasteiger partial charge is 0.478 e. The summed E-state index contributed by atoms with van der Waals surface area (Å²) in [5, 5.41) is 11.3. The number of benzene rings is 1. The molecule has 0 spiro atoms. The van der Waals surface area contributed by atoms with Crippen molar-refractivity contribution < 1.29 is 19.4 Å². The minimum absolute atomic E-state index is 0.0661. The SMILES string of the molecule is CCCNC(=O)OCc1cccc(C(=O)O)c1. The highest BCUT2D eigenvalue weighted by Crippen LogP contribution is 2.06. The standard InChI is InChI=1S/C12H15NO4/c1-2-6-13-12(16)17-8-9-4-3-5-10(7-9)11(14)15/h3-5,7H,2,6,8H2,1H3,(H,13,16)(H,14,15). The molecule has 5 heteroatoms. The number of amides is 1. The van der Waals surface area contributed by atoms with Crippen LogP contribution in [0.3, 0.4) is 0 Å². The number of aromatic carboxylic acids is 1. The van der Waals surface area contributed by atoms with E-state index in [2.05, 4.69) is 5.32 Å². The zero-order valence-corrected chi connectivity index (χ0v) is 9.60. The van der Waals surface area contributed by atoms with E-state index in [1.54, 1.807) is 12.1 Å². The van der Waals surface area contributed by atoms with Crippen LogP contribution < -0.4 is 5.32 Å². The number of carboxylic acids is 1. The van der Waals surface area contributed by atoms with Gasteiger partial charge in [-0.1, -0.05) is 19.1 Å². The summed E-state index contributed by atoms with van der Waals surface area (Å²) in [6, 6.07) is 6.30. The van der Waals surface area contributed by atoms with Crippen LogP contribution in [0.1, 0.15) is 29.3 Å². The molecule has 0 fully saturated rings. The highest BCUT2D eigenvalue weighted by molar-refractivity contribution is 5.87. The van der Waals surface area contributed by atoms with E-state index in [4.69, 9.17) is 9.84 Å². The number of hydrogen-bond donors (Lipinski definition) is 2. The maximum atomic E-state index is 11.1. The lowest BCUT2D eigenvalue weighted by Gasteiger charge is -2.06. The van der Waals surface area contributed by atoms with Crippen molar-refractivity contribution in [1.29, 1.82) is 0 Å². The number of hydrogen-bond acceptors (Lipinski definition) is 3. The molecule has 1 aromatic carbocycles. The Morgan fingerprint density at radius 1 is 1.41 bits per heavy atom. The predicted octanol–water partition coefficient (Wildman–Crippen LogP) is 2.02. The summed E-state index contributed by atoms with van der Waals surface area (Å²) in [4.78, 5) is 21.9. The first-order valence-corrected chi connectivity index (χ1v) is 5.36. The van der Waals surface area contributed by atoms with Crippen LogP contribution in [0.2, 0.25) is 0 Å². The van der Waals surface area contributed by atoms with Gasteiger partial charge in [0.15, 0.2) is 0 Å². The summed E-state index contributed by atoms with van der Waals surface area (Å²) in [5.74, 6) is -0.998. The molecule has 0 radical (unpaired) electrons. The van der Waals surface area contributed by atoms with E-state index < -0.39 is 12.1 Å². The first kappa shape index (κ1) is 13.0. The van der Waals surface area contributed by atoms with Gasteiger partial charge in [0, 0.05) is 6.54 Å². The van der Waals surface area contributed by atoms with Gasteiger partial charge in [-0.25, -0.2) is 9.59 Å². The molecule has 0 aliphatic rings. The second-order valence-electron chi connectivity index (χ2n) is 3.51. The number of nitrogens with one attached hydrogen (secondary N) is 1. The Labute approximate surface area is 99.4 Å². The van der Waals surface area contributed by atoms with Gasteiger partial charge in [0.2, 0.25) is 0 Å². The fourth-order valence-electron chi connectivity index (χ4n) is 1.22. The van der Waals surface area contributed by atoms with E-state index in [0.717, 1.165) is 6.42 Å². The summed E-state index contributed by atoms with van der Waals surface area (Å²) < 4.78 is 4.92. The molecule has 0 saturated carbocycles. The molecule has 17 heavy (non-hydrogen) atoms. The molecule has 0 atom stereocenters. The molecule has 1 amide bonds. The van der Waals surface area contributed by atoms with E-state index in [9.17, 15) is 9.59 Å². The second-order valence-corrected chi connectivity index (χ2v) is 3.51. The number of carbonyl (C=O) groups is 2. The highest BCUT2D eigenvalue weighted by atomic mass is 16.5. The molecule has 0 aliphatic carbocycles. The lowest BCUT2D eigenvalue weighted by Crippen LogP contribution is -2.24. The quantitative estimate of drug-likeness (QED) is 0.821. The van der Waals surface area contributed by atoms with Crippen molar-refractivity contribution in [2.24, 2.45) is 0 Å². The number of alkyl carbamates (subject to hydrolysis) is 1. The molecule has 0 aliphatic heterocycles. The van der Waals surface area contributed by atoms with Gasteiger partial charge in [-0.15, -0.1) is 0 Å². The van der Waals surface area contributed by atoms with Gasteiger partial charge in [-0.05, 0) is 24.1 Å². The smallest absolute Gasteiger partial charge is 0.407 e. The van der Waals surface area contributed by atoms with Crippen LogP contribution in [0.5, 0.6) is 0 Å². The van der Waals surface area contributed by atoms with Crippen LogP contribution in [-0.4, -0.2) is 23.7 Å².